The molecule has 1 rings (SSSR count). The zero-order chi connectivity index (χ0) is 14.4. The predicted molar refractivity (Wildman–Crippen MR) is 79.7 cm³/mol. The molecule has 0 aromatic heterocycles. The number of benzene rings is 1. The van der Waals surface area contributed by atoms with Crippen LogP contribution in [0.1, 0.15) is 44.4 Å². The Kier molecular flexibility index (Phi) is 6.80. The molecule has 0 radical (unpaired) electrons. The summed E-state index contributed by atoms with van der Waals surface area (Å²) in [5.41, 5.74) is 0.784. The number of rotatable bonds is 7. The van der Waals surface area contributed by atoms with Gasteiger partial charge in [0.15, 0.2) is 11.6 Å². The topological polar surface area (TPSA) is 12.0 Å². The molecule has 2 atom stereocenters. The standard InChI is InChI=1S/C15H23F2NS/c1-5-11(4)19-9-13(18-6-2)12-8-7-10(3)14(16)15(12)17/h7-8,11,13,18H,5-6,9H2,1-4H3. The minimum absolute atomic E-state index is 0.140. The Hall–Kier alpha value is -0.610. The zero-order valence-electron chi connectivity index (χ0n) is 12.1. The molecule has 0 amide bonds. The largest absolute Gasteiger partial charge is 0.309 e. The average molecular weight is 287 g/mol. The number of hydrogen-bond donors (Lipinski definition) is 1. The van der Waals surface area contributed by atoms with Crippen LogP contribution in [0.25, 0.3) is 0 Å². The van der Waals surface area contributed by atoms with E-state index in [0.717, 1.165) is 18.7 Å². The minimum Gasteiger partial charge on any atom is -0.309 e. The first-order chi connectivity index (χ1) is 9.01. The number of nitrogens with one attached hydrogen (secondary N) is 1. The summed E-state index contributed by atoms with van der Waals surface area (Å²) in [4.78, 5) is 0. The Labute approximate surface area is 119 Å². The molecule has 0 aliphatic rings. The van der Waals surface area contributed by atoms with Crippen molar-refractivity contribution in [3.63, 3.8) is 0 Å². The first-order valence-corrected chi connectivity index (χ1v) is 7.85. The smallest absolute Gasteiger partial charge is 0.163 e. The average Bonchev–Trinajstić information content (AvgIpc) is 2.41. The lowest BCUT2D eigenvalue weighted by Gasteiger charge is -2.21. The number of thioether (sulfide) groups is 1. The van der Waals surface area contributed by atoms with E-state index in [0.29, 0.717) is 16.4 Å². The van der Waals surface area contributed by atoms with Crippen molar-refractivity contribution >= 4 is 11.8 Å². The second-order valence-electron chi connectivity index (χ2n) is 4.76. The first kappa shape index (κ1) is 16.4. The van der Waals surface area contributed by atoms with Crippen LogP contribution in [0.3, 0.4) is 0 Å². The van der Waals surface area contributed by atoms with E-state index < -0.39 is 11.6 Å². The maximum atomic E-state index is 14.0. The van der Waals surface area contributed by atoms with Crippen molar-refractivity contribution in [2.45, 2.75) is 45.4 Å². The van der Waals surface area contributed by atoms with Crippen LogP contribution >= 0.6 is 11.8 Å². The summed E-state index contributed by atoms with van der Waals surface area (Å²) in [7, 11) is 0. The molecule has 0 heterocycles. The van der Waals surface area contributed by atoms with E-state index in [4.69, 9.17) is 0 Å². The third kappa shape index (κ3) is 4.46. The maximum Gasteiger partial charge on any atom is 0.163 e. The van der Waals surface area contributed by atoms with Gasteiger partial charge in [-0.3, -0.25) is 0 Å². The highest BCUT2D eigenvalue weighted by Crippen LogP contribution is 2.26. The third-order valence-electron chi connectivity index (χ3n) is 3.25. The molecule has 19 heavy (non-hydrogen) atoms. The fourth-order valence-electron chi connectivity index (χ4n) is 1.81. The van der Waals surface area contributed by atoms with E-state index in [1.165, 1.54) is 0 Å². The van der Waals surface area contributed by atoms with Crippen molar-refractivity contribution in [3.8, 4) is 0 Å². The molecule has 0 aliphatic heterocycles. The third-order valence-corrected chi connectivity index (χ3v) is 4.68. The Morgan fingerprint density at radius 3 is 2.47 bits per heavy atom. The Morgan fingerprint density at radius 2 is 1.89 bits per heavy atom. The van der Waals surface area contributed by atoms with Gasteiger partial charge in [-0.15, -0.1) is 0 Å². The highest BCUT2D eigenvalue weighted by Gasteiger charge is 2.19. The fraction of sp³-hybridized carbons (Fsp3) is 0.600. The highest BCUT2D eigenvalue weighted by molar-refractivity contribution is 7.99. The SMILES string of the molecule is CCNC(CSC(C)CC)c1ccc(C)c(F)c1F. The number of halogens is 2. The van der Waals surface area contributed by atoms with Crippen LogP contribution in [0.2, 0.25) is 0 Å². The molecule has 0 saturated heterocycles. The maximum absolute atomic E-state index is 14.0. The van der Waals surface area contributed by atoms with E-state index in [-0.39, 0.29) is 6.04 Å². The Morgan fingerprint density at radius 1 is 1.21 bits per heavy atom. The van der Waals surface area contributed by atoms with Gasteiger partial charge >= 0.3 is 0 Å². The molecule has 108 valence electrons. The lowest BCUT2D eigenvalue weighted by Crippen LogP contribution is -2.25. The highest BCUT2D eigenvalue weighted by atomic mass is 32.2. The molecule has 1 nitrogen and oxygen atoms in total. The van der Waals surface area contributed by atoms with Gasteiger partial charge in [-0.1, -0.05) is 32.9 Å². The lowest BCUT2D eigenvalue weighted by molar-refractivity contribution is 0.474. The van der Waals surface area contributed by atoms with Crippen LogP contribution in [0.4, 0.5) is 8.78 Å². The summed E-state index contributed by atoms with van der Waals surface area (Å²) in [5, 5.41) is 3.77. The quantitative estimate of drug-likeness (QED) is 0.795. The van der Waals surface area contributed by atoms with E-state index >= 15 is 0 Å². The zero-order valence-corrected chi connectivity index (χ0v) is 12.9. The van der Waals surface area contributed by atoms with Crippen molar-refractivity contribution < 1.29 is 8.78 Å². The van der Waals surface area contributed by atoms with Gasteiger partial charge in [0.05, 0.1) is 0 Å². The molecular formula is C15H23F2NS. The summed E-state index contributed by atoms with van der Waals surface area (Å²) >= 11 is 1.79. The molecule has 2 unspecified atom stereocenters. The Balaban J connectivity index is 2.89. The molecule has 1 aromatic carbocycles. The van der Waals surface area contributed by atoms with Crippen molar-refractivity contribution in [1.29, 1.82) is 0 Å². The van der Waals surface area contributed by atoms with Gasteiger partial charge < -0.3 is 5.32 Å². The molecule has 4 heteroatoms. The summed E-state index contributed by atoms with van der Waals surface area (Å²) < 4.78 is 27.7. The van der Waals surface area contributed by atoms with E-state index in [1.807, 2.05) is 6.92 Å². The number of aryl methyl sites for hydroxylation is 1. The molecule has 0 aliphatic carbocycles. The van der Waals surface area contributed by atoms with Gasteiger partial charge in [0.25, 0.3) is 0 Å². The molecule has 0 saturated carbocycles. The van der Waals surface area contributed by atoms with Crippen molar-refractivity contribution in [2.24, 2.45) is 0 Å². The molecule has 0 bridgehead atoms. The van der Waals surface area contributed by atoms with Gasteiger partial charge in [-0.2, -0.15) is 11.8 Å². The minimum atomic E-state index is -0.728. The molecule has 0 spiro atoms. The summed E-state index contributed by atoms with van der Waals surface area (Å²) in [6.45, 7) is 8.58. The van der Waals surface area contributed by atoms with Crippen LogP contribution in [0.15, 0.2) is 12.1 Å². The predicted octanol–water partition coefficient (Wildman–Crippen LogP) is 4.46. The summed E-state index contributed by atoms with van der Waals surface area (Å²) in [6.07, 6.45) is 1.08. The van der Waals surface area contributed by atoms with E-state index in [1.54, 1.807) is 30.8 Å². The van der Waals surface area contributed by atoms with Gasteiger partial charge in [-0.25, -0.2) is 8.78 Å². The normalized spacial score (nSPS) is 14.4. The van der Waals surface area contributed by atoms with E-state index in [9.17, 15) is 8.78 Å². The molecular weight excluding hydrogens is 264 g/mol. The van der Waals surface area contributed by atoms with Crippen molar-refractivity contribution in [3.05, 3.63) is 34.9 Å². The van der Waals surface area contributed by atoms with Crippen molar-refractivity contribution in [2.75, 3.05) is 12.3 Å². The molecule has 1 aromatic rings. The summed E-state index contributed by atoms with van der Waals surface area (Å²) in [5.74, 6) is -0.688. The van der Waals surface area contributed by atoms with Gasteiger partial charge in [0.2, 0.25) is 0 Å². The first-order valence-electron chi connectivity index (χ1n) is 6.80. The van der Waals surface area contributed by atoms with E-state index in [2.05, 4.69) is 19.2 Å². The van der Waals surface area contributed by atoms with Crippen LogP contribution in [0, 0.1) is 18.6 Å². The summed E-state index contributed by atoms with van der Waals surface area (Å²) in [6, 6.07) is 3.20. The second kappa shape index (κ2) is 7.85. The lowest BCUT2D eigenvalue weighted by atomic mass is 10.0. The number of hydrogen-bond acceptors (Lipinski definition) is 2. The van der Waals surface area contributed by atoms with Crippen LogP contribution in [-0.2, 0) is 0 Å². The van der Waals surface area contributed by atoms with Gasteiger partial charge in [-0.05, 0) is 25.5 Å². The molecule has 0 fully saturated rings. The monoisotopic (exact) mass is 287 g/mol. The van der Waals surface area contributed by atoms with Crippen LogP contribution in [0.5, 0.6) is 0 Å². The van der Waals surface area contributed by atoms with Crippen molar-refractivity contribution in [1.82, 2.24) is 5.32 Å². The molecule has 1 N–H and O–H groups in total. The van der Waals surface area contributed by atoms with Gasteiger partial charge in [0, 0.05) is 22.6 Å². The van der Waals surface area contributed by atoms with Gasteiger partial charge in [0.1, 0.15) is 0 Å². The Bertz CT molecular complexity index is 409. The van der Waals surface area contributed by atoms with Crippen LogP contribution < -0.4 is 5.32 Å². The fourth-order valence-corrected chi connectivity index (χ4v) is 2.87. The van der Waals surface area contributed by atoms with Crippen LogP contribution in [-0.4, -0.2) is 17.5 Å². The second-order valence-corrected chi connectivity index (χ2v) is 6.23.